The molecule has 1 amide bonds. The summed E-state index contributed by atoms with van der Waals surface area (Å²) in [5.41, 5.74) is 2.10. The Morgan fingerprint density at radius 1 is 1.25 bits per heavy atom. The first-order valence-electron chi connectivity index (χ1n) is 8.98. The normalized spacial score (nSPS) is 10.5. The van der Waals surface area contributed by atoms with Crippen LogP contribution in [0.1, 0.15) is 29.3 Å². The molecule has 1 N–H and O–H groups in total. The molecule has 0 aliphatic rings. The highest BCUT2D eigenvalue weighted by Crippen LogP contribution is 2.36. The molecule has 0 unspecified atom stereocenters. The molecule has 2 aromatic carbocycles. The van der Waals surface area contributed by atoms with Gasteiger partial charge in [-0.2, -0.15) is 5.10 Å². The zero-order chi connectivity index (χ0) is 19.9. The van der Waals surface area contributed by atoms with Gasteiger partial charge in [-0.15, -0.1) is 0 Å². The second-order valence-electron chi connectivity index (χ2n) is 6.20. The number of methoxy groups -OCH3 is 1. The van der Waals surface area contributed by atoms with Gasteiger partial charge in [-0.3, -0.25) is 9.48 Å². The van der Waals surface area contributed by atoms with Crippen LogP contribution in [0.15, 0.2) is 54.9 Å². The smallest absolute Gasteiger partial charge is 0.255 e. The van der Waals surface area contributed by atoms with Gasteiger partial charge in [0, 0.05) is 11.8 Å². The molecule has 0 spiro atoms. The van der Waals surface area contributed by atoms with E-state index in [1.807, 2.05) is 37.3 Å². The summed E-state index contributed by atoms with van der Waals surface area (Å²) in [4.78, 5) is 12.6. The van der Waals surface area contributed by atoms with Gasteiger partial charge in [0.05, 0.1) is 37.2 Å². The van der Waals surface area contributed by atoms with E-state index >= 15 is 0 Å². The van der Waals surface area contributed by atoms with Gasteiger partial charge in [-0.05, 0) is 24.1 Å². The Balaban J connectivity index is 1.72. The van der Waals surface area contributed by atoms with Gasteiger partial charge in [0.25, 0.3) is 5.91 Å². The van der Waals surface area contributed by atoms with Gasteiger partial charge in [0.2, 0.25) is 0 Å². The maximum atomic E-state index is 12.6. The largest absolute Gasteiger partial charge is 0.493 e. The molecule has 7 heteroatoms. The van der Waals surface area contributed by atoms with Gasteiger partial charge < -0.3 is 14.8 Å². The molecule has 3 aromatic rings. The van der Waals surface area contributed by atoms with Crippen molar-refractivity contribution < 1.29 is 14.3 Å². The average molecular weight is 400 g/mol. The number of amides is 1. The Morgan fingerprint density at radius 2 is 2.04 bits per heavy atom. The SMILES string of the molecule is CCCOc1c(Cl)cc(C(=O)Nc2cnn(Cc3ccccc3)c2)cc1OC. The van der Waals surface area contributed by atoms with E-state index in [2.05, 4.69) is 10.4 Å². The number of nitrogens with one attached hydrogen (secondary N) is 1. The van der Waals surface area contributed by atoms with Gasteiger partial charge >= 0.3 is 0 Å². The summed E-state index contributed by atoms with van der Waals surface area (Å²) in [5, 5.41) is 7.45. The molecule has 1 aromatic heterocycles. The van der Waals surface area contributed by atoms with Crippen LogP contribution in [0.3, 0.4) is 0 Å². The lowest BCUT2D eigenvalue weighted by atomic mass is 10.2. The first kappa shape index (κ1) is 19.8. The standard InChI is InChI=1S/C21H22ClN3O3/c1-3-9-28-20-18(22)10-16(11-19(20)27-2)21(26)24-17-12-23-25(14-17)13-15-7-5-4-6-8-15/h4-8,10-12,14H,3,9,13H2,1-2H3,(H,24,26). The van der Waals surface area contributed by atoms with Crippen LogP contribution in [0.25, 0.3) is 0 Å². The molecule has 0 saturated carbocycles. The minimum absolute atomic E-state index is 0.304. The van der Waals surface area contributed by atoms with Crippen molar-refractivity contribution in [2.45, 2.75) is 19.9 Å². The Labute approximate surface area is 169 Å². The van der Waals surface area contributed by atoms with Gasteiger partial charge in [0.15, 0.2) is 11.5 Å². The molecule has 146 valence electrons. The summed E-state index contributed by atoms with van der Waals surface area (Å²) >= 11 is 6.29. The summed E-state index contributed by atoms with van der Waals surface area (Å²) in [6.07, 6.45) is 4.23. The summed E-state index contributed by atoms with van der Waals surface area (Å²) in [6.45, 7) is 3.14. The lowest BCUT2D eigenvalue weighted by Gasteiger charge is -2.13. The van der Waals surface area contributed by atoms with Crippen LogP contribution < -0.4 is 14.8 Å². The number of rotatable bonds is 8. The Hall–Kier alpha value is -2.99. The van der Waals surface area contributed by atoms with Gasteiger partial charge in [-0.1, -0.05) is 48.9 Å². The fourth-order valence-corrected chi connectivity index (χ4v) is 2.95. The van der Waals surface area contributed by atoms with Crippen LogP contribution in [0.5, 0.6) is 11.5 Å². The van der Waals surface area contributed by atoms with E-state index in [0.717, 1.165) is 12.0 Å². The van der Waals surface area contributed by atoms with Crippen LogP contribution >= 0.6 is 11.6 Å². The molecule has 0 saturated heterocycles. The molecule has 3 rings (SSSR count). The molecular formula is C21H22ClN3O3. The summed E-state index contributed by atoms with van der Waals surface area (Å²) in [6, 6.07) is 13.2. The Bertz CT molecular complexity index is 941. The van der Waals surface area contributed by atoms with E-state index < -0.39 is 0 Å². The molecule has 28 heavy (non-hydrogen) atoms. The maximum Gasteiger partial charge on any atom is 0.255 e. The number of benzene rings is 2. The number of hydrogen-bond acceptors (Lipinski definition) is 4. The molecule has 0 atom stereocenters. The van der Waals surface area contributed by atoms with E-state index in [0.29, 0.717) is 40.9 Å². The number of aromatic nitrogens is 2. The molecule has 0 aliphatic heterocycles. The minimum atomic E-state index is -0.304. The topological polar surface area (TPSA) is 65.4 Å². The fourth-order valence-electron chi connectivity index (χ4n) is 2.68. The number of nitrogens with zero attached hydrogens (tertiary/aromatic N) is 2. The third-order valence-corrected chi connectivity index (χ3v) is 4.30. The first-order chi connectivity index (χ1) is 13.6. The predicted octanol–water partition coefficient (Wildman–Crippen LogP) is 4.63. The number of carbonyl (C=O) groups is 1. The number of hydrogen-bond donors (Lipinski definition) is 1. The molecule has 0 bridgehead atoms. The van der Waals surface area contributed by atoms with Crippen molar-refractivity contribution in [2.24, 2.45) is 0 Å². The first-order valence-corrected chi connectivity index (χ1v) is 9.36. The zero-order valence-corrected chi connectivity index (χ0v) is 16.6. The van der Waals surface area contributed by atoms with E-state index in [9.17, 15) is 4.79 Å². The van der Waals surface area contributed by atoms with Crippen molar-refractivity contribution in [3.63, 3.8) is 0 Å². The highest BCUT2D eigenvalue weighted by molar-refractivity contribution is 6.32. The highest BCUT2D eigenvalue weighted by Gasteiger charge is 2.16. The lowest BCUT2D eigenvalue weighted by molar-refractivity contribution is 0.102. The molecule has 0 radical (unpaired) electrons. The lowest BCUT2D eigenvalue weighted by Crippen LogP contribution is -2.12. The second kappa shape index (κ2) is 9.28. The van der Waals surface area contributed by atoms with Crippen molar-refractivity contribution in [1.82, 2.24) is 9.78 Å². The van der Waals surface area contributed by atoms with Crippen molar-refractivity contribution >= 4 is 23.2 Å². The van der Waals surface area contributed by atoms with Crippen LogP contribution in [0, 0.1) is 0 Å². The Kier molecular flexibility index (Phi) is 6.55. The van der Waals surface area contributed by atoms with E-state index in [-0.39, 0.29) is 5.91 Å². The van der Waals surface area contributed by atoms with Crippen LogP contribution in [-0.2, 0) is 6.54 Å². The monoisotopic (exact) mass is 399 g/mol. The molecule has 0 aliphatic carbocycles. The molecule has 6 nitrogen and oxygen atoms in total. The van der Waals surface area contributed by atoms with Crippen molar-refractivity contribution in [2.75, 3.05) is 19.0 Å². The predicted molar refractivity (Wildman–Crippen MR) is 110 cm³/mol. The zero-order valence-electron chi connectivity index (χ0n) is 15.8. The van der Waals surface area contributed by atoms with Gasteiger partial charge in [-0.25, -0.2) is 0 Å². The minimum Gasteiger partial charge on any atom is -0.493 e. The van der Waals surface area contributed by atoms with Crippen LogP contribution in [-0.4, -0.2) is 29.4 Å². The maximum absolute atomic E-state index is 12.6. The number of ether oxygens (including phenoxy) is 2. The van der Waals surface area contributed by atoms with Crippen molar-refractivity contribution in [3.8, 4) is 11.5 Å². The van der Waals surface area contributed by atoms with Crippen LogP contribution in [0.4, 0.5) is 5.69 Å². The summed E-state index contributed by atoms with van der Waals surface area (Å²) in [5.74, 6) is 0.561. The quantitative estimate of drug-likeness (QED) is 0.599. The molecule has 0 fully saturated rings. The van der Waals surface area contributed by atoms with Crippen molar-refractivity contribution in [3.05, 3.63) is 71.0 Å². The summed E-state index contributed by atoms with van der Waals surface area (Å²) in [7, 11) is 1.51. The number of anilines is 1. The third kappa shape index (κ3) is 4.84. The van der Waals surface area contributed by atoms with E-state index in [4.69, 9.17) is 21.1 Å². The third-order valence-electron chi connectivity index (χ3n) is 4.02. The molecule has 1 heterocycles. The van der Waals surface area contributed by atoms with Crippen molar-refractivity contribution in [1.29, 1.82) is 0 Å². The number of halogens is 1. The van der Waals surface area contributed by atoms with Gasteiger partial charge in [0.1, 0.15) is 0 Å². The van der Waals surface area contributed by atoms with E-state index in [1.165, 1.54) is 7.11 Å². The molecular weight excluding hydrogens is 378 g/mol. The Morgan fingerprint density at radius 3 is 2.75 bits per heavy atom. The summed E-state index contributed by atoms with van der Waals surface area (Å²) < 4.78 is 12.7. The van der Waals surface area contributed by atoms with E-state index in [1.54, 1.807) is 29.2 Å². The highest BCUT2D eigenvalue weighted by atomic mass is 35.5. The number of carbonyl (C=O) groups excluding carboxylic acids is 1. The second-order valence-corrected chi connectivity index (χ2v) is 6.61. The van der Waals surface area contributed by atoms with Crippen LogP contribution in [0.2, 0.25) is 5.02 Å². The average Bonchev–Trinajstić information content (AvgIpc) is 3.13. The fraction of sp³-hybridized carbons (Fsp3) is 0.238.